The van der Waals surface area contributed by atoms with Crippen molar-refractivity contribution in [1.82, 2.24) is 5.32 Å². The van der Waals surface area contributed by atoms with Crippen LogP contribution < -0.4 is 5.32 Å². The first kappa shape index (κ1) is 19.8. The van der Waals surface area contributed by atoms with Crippen LogP contribution in [0, 0.1) is 10.1 Å². The third-order valence-electron chi connectivity index (χ3n) is 4.88. The molecule has 8 heteroatoms. The molecule has 0 aliphatic carbocycles. The molecule has 0 atom stereocenters. The van der Waals surface area contributed by atoms with E-state index in [1.165, 1.54) is 23.9 Å². The van der Waals surface area contributed by atoms with Gasteiger partial charge in [-0.15, -0.1) is 0 Å². The second kappa shape index (κ2) is 8.16. The van der Waals surface area contributed by atoms with Crippen LogP contribution in [0.15, 0.2) is 93.2 Å². The summed E-state index contributed by atoms with van der Waals surface area (Å²) in [5.41, 5.74) is 1.48. The van der Waals surface area contributed by atoms with E-state index in [-0.39, 0.29) is 11.6 Å². The third-order valence-corrected chi connectivity index (χ3v) is 5.79. The Kier molecular flexibility index (Phi) is 5.04. The number of hydrogen-bond acceptors (Lipinski definition) is 6. The lowest BCUT2D eigenvalue weighted by molar-refractivity contribution is -0.384. The molecule has 1 aromatic heterocycles. The predicted molar refractivity (Wildman–Crippen MR) is 126 cm³/mol. The van der Waals surface area contributed by atoms with Gasteiger partial charge < -0.3 is 9.73 Å². The lowest BCUT2D eigenvalue weighted by Gasteiger charge is -2.00. The standard InChI is InChI=1S/C24H15N3O4S/c28-23-22(14-20-11-12-21(31-20)16-6-9-19(10-7-16)27(29)30)32-24(26-23)25-18-8-5-15-3-1-2-4-17(15)13-18/h1-14H,(H,25,26,28)/b22-14+. The van der Waals surface area contributed by atoms with Crippen LogP contribution in [0.2, 0.25) is 0 Å². The molecule has 1 aliphatic rings. The van der Waals surface area contributed by atoms with Crippen LogP contribution in [0.3, 0.4) is 0 Å². The predicted octanol–water partition coefficient (Wildman–Crippen LogP) is 5.90. The quantitative estimate of drug-likeness (QED) is 0.242. The van der Waals surface area contributed by atoms with Gasteiger partial charge in [0, 0.05) is 23.8 Å². The largest absolute Gasteiger partial charge is 0.457 e. The Balaban J connectivity index is 1.35. The first-order valence-electron chi connectivity index (χ1n) is 9.68. The molecule has 2 heterocycles. The van der Waals surface area contributed by atoms with Gasteiger partial charge in [0.1, 0.15) is 11.5 Å². The van der Waals surface area contributed by atoms with Gasteiger partial charge in [-0.1, -0.05) is 30.3 Å². The summed E-state index contributed by atoms with van der Waals surface area (Å²) in [6.45, 7) is 0. The Morgan fingerprint density at radius 3 is 2.53 bits per heavy atom. The Hall–Kier alpha value is -4.17. The zero-order chi connectivity index (χ0) is 22.1. The number of non-ortho nitro benzene ring substituents is 1. The van der Waals surface area contributed by atoms with Crippen LogP contribution in [0.5, 0.6) is 0 Å². The van der Waals surface area contributed by atoms with Gasteiger partial charge >= 0.3 is 0 Å². The Labute approximate surface area is 186 Å². The summed E-state index contributed by atoms with van der Waals surface area (Å²) < 4.78 is 5.80. The van der Waals surface area contributed by atoms with E-state index < -0.39 is 4.92 Å². The van der Waals surface area contributed by atoms with E-state index in [0.29, 0.717) is 27.2 Å². The van der Waals surface area contributed by atoms with Crippen LogP contribution in [0.4, 0.5) is 11.4 Å². The minimum Gasteiger partial charge on any atom is -0.457 e. The second-order valence-corrected chi connectivity index (χ2v) is 8.05. The van der Waals surface area contributed by atoms with Crippen molar-refractivity contribution >= 4 is 51.1 Å². The molecule has 4 aromatic rings. The number of nitrogens with zero attached hydrogens (tertiary/aromatic N) is 2. The monoisotopic (exact) mass is 441 g/mol. The second-order valence-electron chi connectivity index (χ2n) is 7.02. The number of aliphatic imine (C=N–C) groups is 1. The van der Waals surface area contributed by atoms with Crippen molar-refractivity contribution in [3.05, 3.63) is 99.6 Å². The summed E-state index contributed by atoms with van der Waals surface area (Å²) in [6.07, 6.45) is 1.65. The number of benzene rings is 3. The number of amides is 1. The maximum atomic E-state index is 12.4. The SMILES string of the molecule is O=C1NC(=Nc2ccc3ccccc3c2)S/C1=C/c1ccc(-c2ccc([N+](=O)[O-])cc2)o1. The summed E-state index contributed by atoms with van der Waals surface area (Å²) in [7, 11) is 0. The molecule has 32 heavy (non-hydrogen) atoms. The van der Waals surface area contributed by atoms with E-state index >= 15 is 0 Å². The van der Waals surface area contributed by atoms with Crippen molar-refractivity contribution < 1.29 is 14.1 Å². The first-order valence-corrected chi connectivity index (χ1v) is 10.5. The van der Waals surface area contributed by atoms with E-state index in [2.05, 4.69) is 10.3 Å². The van der Waals surface area contributed by atoms with Crippen LogP contribution in [0.25, 0.3) is 28.2 Å². The van der Waals surface area contributed by atoms with E-state index in [0.717, 1.165) is 16.5 Å². The van der Waals surface area contributed by atoms with Gasteiger partial charge in [0.05, 0.1) is 15.5 Å². The van der Waals surface area contributed by atoms with E-state index in [4.69, 9.17) is 4.42 Å². The summed E-state index contributed by atoms with van der Waals surface area (Å²) >= 11 is 1.24. The average molecular weight is 441 g/mol. The van der Waals surface area contributed by atoms with Crippen molar-refractivity contribution in [2.45, 2.75) is 0 Å². The Morgan fingerprint density at radius 2 is 1.75 bits per heavy atom. The average Bonchev–Trinajstić information content (AvgIpc) is 3.40. The van der Waals surface area contributed by atoms with Crippen LogP contribution >= 0.6 is 11.8 Å². The topological polar surface area (TPSA) is 97.7 Å². The summed E-state index contributed by atoms with van der Waals surface area (Å²) in [5.74, 6) is 0.811. The molecule has 5 rings (SSSR count). The molecular formula is C24H15N3O4S. The Bertz CT molecular complexity index is 1420. The van der Waals surface area contributed by atoms with E-state index in [1.807, 2.05) is 42.5 Å². The lowest BCUT2D eigenvalue weighted by Crippen LogP contribution is -2.19. The molecule has 0 bridgehead atoms. The number of nitro groups is 1. The molecule has 1 saturated heterocycles. The number of nitro benzene ring substituents is 1. The van der Waals surface area contributed by atoms with Gasteiger partial charge in [-0.25, -0.2) is 4.99 Å². The molecule has 7 nitrogen and oxygen atoms in total. The first-order chi connectivity index (χ1) is 15.5. The Morgan fingerprint density at radius 1 is 0.969 bits per heavy atom. The zero-order valence-electron chi connectivity index (χ0n) is 16.5. The van der Waals surface area contributed by atoms with E-state index in [9.17, 15) is 14.9 Å². The maximum absolute atomic E-state index is 12.4. The number of nitrogens with one attached hydrogen (secondary N) is 1. The number of amidine groups is 1. The molecule has 3 aromatic carbocycles. The highest BCUT2D eigenvalue weighted by Crippen LogP contribution is 2.31. The summed E-state index contributed by atoms with van der Waals surface area (Å²) in [6, 6.07) is 23.5. The maximum Gasteiger partial charge on any atom is 0.269 e. The fourth-order valence-electron chi connectivity index (χ4n) is 3.31. The van der Waals surface area contributed by atoms with E-state index in [1.54, 1.807) is 30.3 Å². The molecule has 1 amide bonds. The number of fused-ring (bicyclic) bond motifs is 1. The van der Waals surface area contributed by atoms with Gasteiger partial charge in [-0.2, -0.15) is 0 Å². The normalized spacial score (nSPS) is 16.1. The molecule has 156 valence electrons. The van der Waals surface area contributed by atoms with Crippen LogP contribution in [-0.4, -0.2) is 16.0 Å². The van der Waals surface area contributed by atoms with Gasteiger partial charge in [0.15, 0.2) is 5.17 Å². The fourth-order valence-corrected chi connectivity index (χ4v) is 4.13. The number of rotatable bonds is 4. The van der Waals surface area contributed by atoms with Crippen molar-refractivity contribution in [2.75, 3.05) is 0 Å². The minimum atomic E-state index is -0.450. The molecule has 0 spiro atoms. The van der Waals surface area contributed by atoms with Gasteiger partial charge in [0.2, 0.25) is 0 Å². The number of hydrogen-bond donors (Lipinski definition) is 1. The highest BCUT2D eigenvalue weighted by atomic mass is 32.2. The lowest BCUT2D eigenvalue weighted by atomic mass is 10.1. The van der Waals surface area contributed by atoms with Gasteiger partial charge in [-0.05, 0) is 58.9 Å². The van der Waals surface area contributed by atoms with Crippen molar-refractivity contribution in [2.24, 2.45) is 4.99 Å². The smallest absolute Gasteiger partial charge is 0.269 e. The highest BCUT2D eigenvalue weighted by Gasteiger charge is 2.24. The number of carbonyl (C=O) groups is 1. The van der Waals surface area contributed by atoms with Crippen molar-refractivity contribution in [3.8, 4) is 11.3 Å². The number of carbonyl (C=O) groups excluding carboxylic acids is 1. The molecular weight excluding hydrogens is 426 g/mol. The van der Waals surface area contributed by atoms with Crippen LogP contribution in [0.1, 0.15) is 5.76 Å². The number of furan rings is 1. The minimum absolute atomic E-state index is 0.0138. The molecule has 0 saturated carbocycles. The zero-order valence-corrected chi connectivity index (χ0v) is 17.3. The van der Waals surface area contributed by atoms with Crippen molar-refractivity contribution in [1.29, 1.82) is 0 Å². The molecule has 0 radical (unpaired) electrons. The molecule has 1 aliphatic heterocycles. The van der Waals surface area contributed by atoms with Crippen molar-refractivity contribution in [3.63, 3.8) is 0 Å². The summed E-state index contributed by atoms with van der Waals surface area (Å²) in [4.78, 5) is 27.7. The molecule has 1 fully saturated rings. The fraction of sp³-hybridized carbons (Fsp3) is 0. The van der Waals surface area contributed by atoms with Gasteiger partial charge in [-0.3, -0.25) is 14.9 Å². The molecule has 1 N–H and O–H groups in total. The van der Waals surface area contributed by atoms with Gasteiger partial charge in [0.25, 0.3) is 11.6 Å². The highest BCUT2D eigenvalue weighted by molar-refractivity contribution is 8.18. The number of thioether (sulfide) groups is 1. The third kappa shape index (κ3) is 4.03. The van der Waals surface area contributed by atoms with Crippen LogP contribution in [-0.2, 0) is 4.79 Å². The summed E-state index contributed by atoms with van der Waals surface area (Å²) in [5, 5.41) is 16.3. The molecule has 0 unspecified atom stereocenters.